The molecule has 0 aliphatic carbocycles. The number of rotatable bonds is 5. The monoisotopic (exact) mass is 343 g/mol. The van der Waals surface area contributed by atoms with Crippen molar-refractivity contribution in [3.8, 4) is 11.4 Å². The molecule has 3 rings (SSSR count). The highest BCUT2D eigenvalue weighted by atomic mass is 32.2. The number of aromatic nitrogens is 3. The lowest BCUT2D eigenvalue weighted by atomic mass is 10.1. The number of nitrogens with zero attached hydrogens (tertiary/aromatic N) is 3. The Morgan fingerprint density at radius 1 is 1.22 bits per heavy atom. The molecule has 120 valence electrons. The van der Waals surface area contributed by atoms with Crippen molar-refractivity contribution in [2.45, 2.75) is 37.6 Å². The lowest BCUT2D eigenvalue weighted by Gasteiger charge is -2.05. The average Bonchev–Trinajstić information content (AvgIpc) is 3.14. The molecule has 2 aromatic heterocycles. The van der Waals surface area contributed by atoms with E-state index in [1.807, 2.05) is 7.05 Å². The molecule has 0 saturated heterocycles. The van der Waals surface area contributed by atoms with Gasteiger partial charge in [0, 0.05) is 28.6 Å². The Morgan fingerprint density at radius 3 is 2.70 bits per heavy atom. The zero-order valence-corrected chi connectivity index (χ0v) is 15.5. The fourth-order valence-electron chi connectivity index (χ4n) is 2.38. The molecule has 1 aromatic carbocycles. The number of hydrogen-bond donors (Lipinski definition) is 0. The van der Waals surface area contributed by atoms with Crippen LogP contribution in [0.1, 0.15) is 35.8 Å². The van der Waals surface area contributed by atoms with Crippen LogP contribution in [0.5, 0.6) is 0 Å². The van der Waals surface area contributed by atoms with Crippen LogP contribution in [0.25, 0.3) is 11.4 Å². The Balaban J connectivity index is 1.78. The smallest absolute Gasteiger partial charge is 0.191 e. The lowest BCUT2D eigenvalue weighted by molar-refractivity contribution is 0.793. The van der Waals surface area contributed by atoms with Gasteiger partial charge in [0.1, 0.15) is 0 Å². The molecule has 0 radical (unpaired) electrons. The van der Waals surface area contributed by atoms with Gasteiger partial charge in [-0.3, -0.25) is 0 Å². The minimum Gasteiger partial charge on any atom is -0.305 e. The first-order chi connectivity index (χ1) is 11.1. The first-order valence-electron chi connectivity index (χ1n) is 7.71. The summed E-state index contributed by atoms with van der Waals surface area (Å²) >= 11 is 3.53. The fraction of sp³-hybridized carbons (Fsp3) is 0.333. The van der Waals surface area contributed by atoms with E-state index in [0.29, 0.717) is 5.92 Å². The molecule has 0 aliphatic heterocycles. The quantitative estimate of drug-likeness (QED) is 0.591. The minimum absolute atomic E-state index is 0.553. The topological polar surface area (TPSA) is 30.7 Å². The second-order valence-corrected chi connectivity index (χ2v) is 7.86. The predicted molar refractivity (Wildman–Crippen MR) is 99.1 cm³/mol. The van der Waals surface area contributed by atoms with Gasteiger partial charge in [0.05, 0.1) is 0 Å². The van der Waals surface area contributed by atoms with Gasteiger partial charge in [0.15, 0.2) is 11.0 Å². The van der Waals surface area contributed by atoms with E-state index in [4.69, 9.17) is 0 Å². The first-order valence-corrected chi connectivity index (χ1v) is 9.58. The zero-order chi connectivity index (χ0) is 16.4. The molecule has 2 heterocycles. The Hall–Kier alpha value is -1.59. The summed E-state index contributed by atoms with van der Waals surface area (Å²) < 4.78 is 2.09. The van der Waals surface area contributed by atoms with E-state index in [-0.39, 0.29) is 0 Å². The molecule has 0 saturated carbocycles. The Bertz CT molecular complexity index is 802. The SMILES string of the molecule is Cc1ccccc1CSc1nnc(-c2csc(C(C)C)c2)n1C. The standard InChI is InChI=1S/C18H21N3S2/c1-12(2)16-9-15(11-22-16)17-19-20-18(21(17)4)23-10-14-8-6-5-7-13(14)3/h5-9,11-12H,10H2,1-4H3. The third-order valence-corrected chi connectivity index (χ3v) is 6.20. The summed E-state index contributed by atoms with van der Waals surface area (Å²) in [6, 6.07) is 10.7. The van der Waals surface area contributed by atoms with Crippen LogP contribution in [-0.2, 0) is 12.8 Å². The molecule has 0 bridgehead atoms. The summed E-state index contributed by atoms with van der Waals surface area (Å²) in [5, 5.41) is 11.9. The third kappa shape index (κ3) is 3.51. The van der Waals surface area contributed by atoms with Crippen LogP contribution in [0.3, 0.4) is 0 Å². The van der Waals surface area contributed by atoms with Gasteiger partial charge in [0.25, 0.3) is 0 Å². The first kappa shape index (κ1) is 16.3. The van der Waals surface area contributed by atoms with Crippen molar-refractivity contribution in [3.05, 3.63) is 51.7 Å². The van der Waals surface area contributed by atoms with E-state index in [2.05, 4.69) is 71.2 Å². The summed E-state index contributed by atoms with van der Waals surface area (Å²) in [5.74, 6) is 2.41. The van der Waals surface area contributed by atoms with E-state index >= 15 is 0 Å². The molecule has 0 fully saturated rings. The maximum absolute atomic E-state index is 4.39. The van der Waals surface area contributed by atoms with Crippen molar-refractivity contribution in [2.24, 2.45) is 7.05 Å². The molecule has 0 aliphatic rings. The van der Waals surface area contributed by atoms with E-state index in [0.717, 1.165) is 22.3 Å². The number of thiophene rings is 1. The number of aryl methyl sites for hydroxylation is 1. The second kappa shape index (κ2) is 6.89. The lowest BCUT2D eigenvalue weighted by Crippen LogP contribution is -1.95. The van der Waals surface area contributed by atoms with Crippen molar-refractivity contribution < 1.29 is 0 Å². The maximum Gasteiger partial charge on any atom is 0.191 e. The molecule has 0 atom stereocenters. The van der Waals surface area contributed by atoms with Crippen LogP contribution in [0.4, 0.5) is 0 Å². The largest absolute Gasteiger partial charge is 0.305 e. The van der Waals surface area contributed by atoms with Gasteiger partial charge >= 0.3 is 0 Å². The molecular weight excluding hydrogens is 322 g/mol. The van der Waals surface area contributed by atoms with Crippen molar-refractivity contribution in [3.63, 3.8) is 0 Å². The van der Waals surface area contributed by atoms with Gasteiger partial charge in [-0.05, 0) is 30.0 Å². The Morgan fingerprint density at radius 2 is 2.00 bits per heavy atom. The van der Waals surface area contributed by atoms with E-state index < -0.39 is 0 Å². The molecule has 3 nitrogen and oxygen atoms in total. The van der Waals surface area contributed by atoms with Crippen molar-refractivity contribution >= 4 is 23.1 Å². The normalized spacial score (nSPS) is 11.3. The zero-order valence-electron chi connectivity index (χ0n) is 13.9. The minimum atomic E-state index is 0.553. The number of hydrogen-bond acceptors (Lipinski definition) is 4. The van der Waals surface area contributed by atoms with Crippen LogP contribution >= 0.6 is 23.1 Å². The summed E-state index contributed by atoms with van der Waals surface area (Å²) in [6.45, 7) is 6.59. The van der Waals surface area contributed by atoms with Crippen LogP contribution < -0.4 is 0 Å². The van der Waals surface area contributed by atoms with Crippen molar-refractivity contribution in [1.29, 1.82) is 0 Å². The molecular formula is C18H21N3S2. The van der Waals surface area contributed by atoms with Gasteiger partial charge in [-0.25, -0.2) is 0 Å². The molecule has 0 N–H and O–H groups in total. The molecule has 3 aromatic rings. The molecule has 23 heavy (non-hydrogen) atoms. The molecule has 0 spiro atoms. The van der Waals surface area contributed by atoms with Gasteiger partial charge < -0.3 is 4.57 Å². The third-order valence-electron chi connectivity index (χ3n) is 3.90. The maximum atomic E-state index is 4.39. The average molecular weight is 344 g/mol. The van der Waals surface area contributed by atoms with Crippen LogP contribution in [-0.4, -0.2) is 14.8 Å². The van der Waals surface area contributed by atoms with Crippen molar-refractivity contribution in [2.75, 3.05) is 0 Å². The molecule has 0 amide bonds. The summed E-state index contributed by atoms with van der Waals surface area (Å²) in [4.78, 5) is 1.39. The fourth-order valence-corrected chi connectivity index (χ4v) is 4.27. The van der Waals surface area contributed by atoms with Crippen LogP contribution in [0.15, 0.2) is 40.9 Å². The van der Waals surface area contributed by atoms with Crippen molar-refractivity contribution in [1.82, 2.24) is 14.8 Å². The summed E-state index contributed by atoms with van der Waals surface area (Å²) in [5.41, 5.74) is 3.83. The number of thioether (sulfide) groups is 1. The summed E-state index contributed by atoms with van der Waals surface area (Å²) in [7, 11) is 2.04. The highest BCUT2D eigenvalue weighted by molar-refractivity contribution is 7.98. The summed E-state index contributed by atoms with van der Waals surface area (Å²) in [6.07, 6.45) is 0. The van der Waals surface area contributed by atoms with E-state index in [9.17, 15) is 0 Å². The molecule has 0 unspecified atom stereocenters. The Labute approximate surface area is 145 Å². The molecule has 5 heteroatoms. The van der Waals surface area contributed by atoms with E-state index in [1.165, 1.54) is 16.0 Å². The van der Waals surface area contributed by atoms with Gasteiger partial charge in [-0.1, -0.05) is 49.9 Å². The predicted octanol–water partition coefficient (Wildman–Crippen LogP) is 5.27. The van der Waals surface area contributed by atoms with E-state index in [1.54, 1.807) is 23.1 Å². The van der Waals surface area contributed by atoms with Gasteiger partial charge in [-0.2, -0.15) is 0 Å². The number of benzene rings is 1. The second-order valence-electron chi connectivity index (χ2n) is 5.97. The van der Waals surface area contributed by atoms with Gasteiger partial charge in [0.2, 0.25) is 0 Å². The van der Waals surface area contributed by atoms with Gasteiger partial charge in [-0.15, -0.1) is 21.5 Å². The Kier molecular flexibility index (Phi) is 4.87. The highest BCUT2D eigenvalue weighted by Gasteiger charge is 2.14. The highest BCUT2D eigenvalue weighted by Crippen LogP contribution is 2.31. The van der Waals surface area contributed by atoms with Crippen LogP contribution in [0, 0.1) is 6.92 Å². The van der Waals surface area contributed by atoms with Crippen LogP contribution in [0.2, 0.25) is 0 Å².